The van der Waals surface area contributed by atoms with E-state index in [-0.39, 0.29) is 0 Å². The summed E-state index contributed by atoms with van der Waals surface area (Å²) in [6, 6.07) is 56.8. The van der Waals surface area contributed by atoms with E-state index in [1.54, 1.807) is 11.3 Å². The van der Waals surface area contributed by atoms with E-state index in [1.165, 1.54) is 64.5 Å². The number of thiophene rings is 1. The van der Waals surface area contributed by atoms with Gasteiger partial charge in [0.2, 0.25) is 0 Å². The van der Waals surface area contributed by atoms with Crippen molar-refractivity contribution in [3.05, 3.63) is 158 Å². The first-order chi connectivity index (χ1) is 25.3. The lowest BCUT2D eigenvalue weighted by molar-refractivity contribution is 1.18. The quantitative estimate of drug-likeness (QED) is 0.188. The van der Waals surface area contributed by atoms with Gasteiger partial charge in [-0.1, -0.05) is 121 Å². The van der Waals surface area contributed by atoms with Crippen LogP contribution < -0.4 is 0 Å². The summed E-state index contributed by atoms with van der Waals surface area (Å²) in [6.45, 7) is 0. The van der Waals surface area contributed by atoms with Crippen molar-refractivity contribution in [3.8, 4) is 28.3 Å². The standard InChI is InChI=1S/C46H26N4S/c1-2-12-27(13-3-1)46-47-42-34-16-6-9-23-40(34)51-45(42)43(48-46)35-19-11-22-38-41(35)33-15-5-8-21-37(33)49(38)28-24-25-30-32-18-10-17-31-29-14-4-7-20-36(29)50(44(31)32)39(30)26-28/h1-26H. The van der Waals surface area contributed by atoms with Crippen molar-refractivity contribution in [2.75, 3.05) is 0 Å². The van der Waals surface area contributed by atoms with Crippen LogP contribution in [0.25, 0.3) is 109 Å². The third-order valence-corrected chi connectivity index (χ3v) is 11.8. The Balaban J connectivity index is 1.18. The average molecular weight is 667 g/mol. The fourth-order valence-electron chi connectivity index (χ4n) is 8.54. The Bertz CT molecular complexity index is 3370. The van der Waals surface area contributed by atoms with Crippen molar-refractivity contribution >= 4 is 91.5 Å². The molecule has 236 valence electrons. The van der Waals surface area contributed by atoms with Crippen molar-refractivity contribution in [1.82, 2.24) is 18.9 Å². The van der Waals surface area contributed by atoms with Crippen LogP contribution in [0.3, 0.4) is 0 Å². The normalized spacial score (nSPS) is 12.3. The molecule has 5 heterocycles. The second-order valence-electron chi connectivity index (χ2n) is 13.3. The smallest absolute Gasteiger partial charge is 0.160 e. The summed E-state index contributed by atoms with van der Waals surface area (Å²) in [5, 5.41) is 8.72. The van der Waals surface area contributed by atoms with Gasteiger partial charge in [-0.05, 0) is 36.4 Å². The molecule has 12 aromatic rings. The molecular weight excluding hydrogens is 641 g/mol. The van der Waals surface area contributed by atoms with Crippen LogP contribution in [0, 0.1) is 0 Å². The van der Waals surface area contributed by atoms with Gasteiger partial charge in [-0.25, -0.2) is 9.97 Å². The minimum atomic E-state index is 0.742. The van der Waals surface area contributed by atoms with Crippen LogP contribution in [0.5, 0.6) is 0 Å². The van der Waals surface area contributed by atoms with Gasteiger partial charge in [0.1, 0.15) is 0 Å². The van der Waals surface area contributed by atoms with E-state index in [0.29, 0.717) is 0 Å². The topological polar surface area (TPSA) is 35.1 Å². The SMILES string of the molecule is c1ccc(-c2nc(-c3cccc4c3c3ccccc3n4-c3ccc4c5cccc6c7ccccc7n(c4c3)c65)c3sc4ccccc4c3n2)cc1. The highest BCUT2D eigenvalue weighted by Crippen LogP contribution is 2.45. The summed E-state index contributed by atoms with van der Waals surface area (Å²) in [4.78, 5) is 10.6. The number of fused-ring (bicyclic) bond motifs is 12. The lowest BCUT2D eigenvalue weighted by Crippen LogP contribution is -1.95. The Kier molecular flexibility index (Phi) is 5.35. The van der Waals surface area contributed by atoms with Gasteiger partial charge >= 0.3 is 0 Å². The van der Waals surface area contributed by atoms with Gasteiger partial charge in [0, 0.05) is 59.2 Å². The van der Waals surface area contributed by atoms with E-state index < -0.39 is 0 Å². The highest BCUT2D eigenvalue weighted by molar-refractivity contribution is 7.26. The molecule has 0 N–H and O–H groups in total. The molecule has 51 heavy (non-hydrogen) atoms. The minimum absolute atomic E-state index is 0.742. The van der Waals surface area contributed by atoms with Crippen LogP contribution >= 0.6 is 11.3 Å². The number of hydrogen-bond donors (Lipinski definition) is 0. The second kappa shape index (κ2) is 10.0. The number of nitrogens with zero attached hydrogens (tertiary/aromatic N) is 4. The zero-order chi connectivity index (χ0) is 33.2. The Hall–Kier alpha value is -6.56. The number of rotatable bonds is 3. The van der Waals surface area contributed by atoms with Crippen LogP contribution in [0.4, 0.5) is 0 Å². The zero-order valence-electron chi connectivity index (χ0n) is 27.2. The van der Waals surface area contributed by atoms with E-state index in [0.717, 1.165) is 44.1 Å². The molecule has 0 radical (unpaired) electrons. The van der Waals surface area contributed by atoms with Crippen molar-refractivity contribution < 1.29 is 0 Å². The maximum absolute atomic E-state index is 5.38. The first-order valence-electron chi connectivity index (χ1n) is 17.3. The highest BCUT2D eigenvalue weighted by atomic mass is 32.1. The number of aromatic nitrogens is 4. The van der Waals surface area contributed by atoms with Gasteiger partial charge in [-0.2, -0.15) is 0 Å². The van der Waals surface area contributed by atoms with Crippen molar-refractivity contribution in [2.24, 2.45) is 0 Å². The lowest BCUT2D eigenvalue weighted by atomic mass is 10.0. The van der Waals surface area contributed by atoms with Crippen LogP contribution in [-0.4, -0.2) is 18.9 Å². The molecular formula is C46H26N4S. The Morgan fingerprint density at radius 1 is 0.471 bits per heavy atom. The number of benzene rings is 7. The van der Waals surface area contributed by atoms with E-state index in [1.807, 2.05) is 6.07 Å². The van der Waals surface area contributed by atoms with Crippen molar-refractivity contribution in [3.63, 3.8) is 0 Å². The van der Waals surface area contributed by atoms with E-state index in [4.69, 9.17) is 9.97 Å². The zero-order valence-corrected chi connectivity index (χ0v) is 28.0. The highest BCUT2D eigenvalue weighted by Gasteiger charge is 2.23. The molecule has 0 bridgehead atoms. The molecule has 0 aliphatic heterocycles. The molecule has 0 aliphatic rings. The number of para-hydroxylation sites is 3. The van der Waals surface area contributed by atoms with E-state index in [9.17, 15) is 0 Å². The Morgan fingerprint density at radius 2 is 1.14 bits per heavy atom. The second-order valence-corrected chi connectivity index (χ2v) is 14.4. The molecule has 0 aliphatic carbocycles. The molecule has 12 rings (SSSR count). The predicted octanol–water partition coefficient (Wildman–Crippen LogP) is 12.4. The molecule has 0 unspecified atom stereocenters. The molecule has 7 aromatic carbocycles. The van der Waals surface area contributed by atoms with E-state index >= 15 is 0 Å². The first-order valence-corrected chi connectivity index (χ1v) is 18.1. The molecule has 0 amide bonds. The molecule has 0 atom stereocenters. The molecule has 5 aromatic heterocycles. The van der Waals surface area contributed by atoms with Crippen LogP contribution in [0.2, 0.25) is 0 Å². The third-order valence-electron chi connectivity index (χ3n) is 10.7. The first kappa shape index (κ1) is 27.3. The summed E-state index contributed by atoms with van der Waals surface area (Å²) >= 11 is 1.78. The predicted molar refractivity (Wildman–Crippen MR) is 215 cm³/mol. The fourth-order valence-corrected chi connectivity index (χ4v) is 9.69. The van der Waals surface area contributed by atoms with Gasteiger partial charge in [0.25, 0.3) is 0 Å². The fraction of sp³-hybridized carbons (Fsp3) is 0. The van der Waals surface area contributed by atoms with Gasteiger partial charge in [0.15, 0.2) is 5.82 Å². The molecule has 0 saturated heterocycles. The Labute approximate surface area is 295 Å². The lowest BCUT2D eigenvalue weighted by Gasteiger charge is -2.11. The summed E-state index contributed by atoms with van der Waals surface area (Å²) < 4.78 is 7.22. The molecule has 5 heteroatoms. The van der Waals surface area contributed by atoms with Gasteiger partial charge < -0.3 is 8.97 Å². The maximum atomic E-state index is 5.38. The largest absolute Gasteiger partial charge is 0.309 e. The summed E-state index contributed by atoms with van der Waals surface area (Å²) in [5.74, 6) is 0.742. The van der Waals surface area contributed by atoms with Gasteiger partial charge in [0.05, 0.1) is 43.5 Å². The minimum Gasteiger partial charge on any atom is -0.309 e. The van der Waals surface area contributed by atoms with E-state index in [2.05, 4.69) is 161 Å². The third kappa shape index (κ3) is 3.63. The van der Waals surface area contributed by atoms with Crippen molar-refractivity contribution in [1.29, 1.82) is 0 Å². The van der Waals surface area contributed by atoms with Crippen molar-refractivity contribution in [2.45, 2.75) is 0 Å². The van der Waals surface area contributed by atoms with Crippen LogP contribution in [-0.2, 0) is 0 Å². The Morgan fingerprint density at radius 3 is 2.00 bits per heavy atom. The summed E-state index contributed by atoms with van der Waals surface area (Å²) in [6.07, 6.45) is 0. The molecule has 0 saturated carbocycles. The average Bonchev–Trinajstić information content (AvgIpc) is 3.93. The molecule has 0 fully saturated rings. The van der Waals surface area contributed by atoms with Gasteiger partial charge in [-0.15, -0.1) is 11.3 Å². The molecule has 0 spiro atoms. The summed E-state index contributed by atoms with van der Waals surface area (Å²) in [7, 11) is 0. The van der Waals surface area contributed by atoms with Crippen LogP contribution in [0.15, 0.2) is 158 Å². The maximum Gasteiger partial charge on any atom is 0.160 e. The summed E-state index contributed by atoms with van der Waals surface area (Å²) in [5.41, 5.74) is 11.3. The number of hydrogen-bond acceptors (Lipinski definition) is 3. The van der Waals surface area contributed by atoms with Gasteiger partial charge in [-0.3, -0.25) is 0 Å². The molecule has 4 nitrogen and oxygen atoms in total. The monoisotopic (exact) mass is 666 g/mol. The van der Waals surface area contributed by atoms with Crippen LogP contribution in [0.1, 0.15) is 0 Å².